The maximum Gasteiger partial charge on any atom is 0.337 e. The van der Waals surface area contributed by atoms with Gasteiger partial charge in [0.25, 0.3) is 15.9 Å². The first kappa shape index (κ1) is 23.3. The highest BCUT2D eigenvalue weighted by atomic mass is 79.9. The molecule has 0 aromatic heterocycles. The van der Waals surface area contributed by atoms with Crippen LogP contribution in [-0.4, -0.2) is 25.4 Å². The molecule has 0 bridgehead atoms. The highest BCUT2D eigenvalue weighted by Crippen LogP contribution is 2.26. The Hall–Kier alpha value is -2.40. The monoisotopic (exact) mass is 586 g/mol. The van der Waals surface area contributed by atoms with Gasteiger partial charge in [-0.2, -0.15) is 0 Å². The van der Waals surface area contributed by atoms with Crippen molar-refractivity contribution in [2.75, 3.05) is 10.0 Å². The summed E-state index contributed by atoms with van der Waals surface area (Å²) in [5, 5.41) is 12.3. The van der Waals surface area contributed by atoms with E-state index < -0.39 is 21.9 Å². The summed E-state index contributed by atoms with van der Waals surface area (Å²) in [5.41, 5.74) is 0.268. The van der Waals surface area contributed by atoms with E-state index in [4.69, 9.17) is 11.6 Å². The number of carboxylic acid groups (broad SMARTS) is 1. The van der Waals surface area contributed by atoms with E-state index >= 15 is 0 Å². The SMILES string of the molecule is O=C(Nc1ccc(Br)cc1C(=O)O)c1cc(S(=O)(=O)Nc2ccc(Cl)cc2)ccc1Br. The Bertz CT molecular complexity index is 1280. The Morgan fingerprint density at radius 3 is 2.23 bits per heavy atom. The third-order valence-corrected chi connectivity index (χ3v) is 6.87. The van der Waals surface area contributed by atoms with Crippen LogP contribution in [0.2, 0.25) is 5.02 Å². The van der Waals surface area contributed by atoms with Crippen molar-refractivity contribution in [3.63, 3.8) is 0 Å². The zero-order valence-electron chi connectivity index (χ0n) is 15.4. The van der Waals surface area contributed by atoms with E-state index in [2.05, 4.69) is 41.9 Å². The van der Waals surface area contributed by atoms with Crippen molar-refractivity contribution in [1.29, 1.82) is 0 Å². The molecule has 3 aromatic rings. The van der Waals surface area contributed by atoms with Crippen LogP contribution < -0.4 is 10.0 Å². The van der Waals surface area contributed by atoms with Crippen molar-refractivity contribution in [2.45, 2.75) is 4.90 Å². The van der Waals surface area contributed by atoms with Gasteiger partial charge in [0.15, 0.2) is 0 Å². The number of rotatable bonds is 6. The van der Waals surface area contributed by atoms with E-state index in [9.17, 15) is 23.1 Å². The number of benzene rings is 3. The fourth-order valence-electron chi connectivity index (χ4n) is 2.57. The van der Waals surface area contributed by atoms with Crippen LogP contribution in [0.3, 0.4) is 0 Å². The van der Waals surface area contributed by atoms with Gasteiger partial charge in [0.2, 0.25) is 0 Å². The van der Waals surface area contributed by atoms with E-state index in [1.54, 1.807) is 6.07 Å². The number of carbonyl (C=O) groups excluding carboxylic acids is 1. The van der Waals surface area contributed by atoms with Gasteiger partial charge in [-0.15, -0.1) is 0 Å². The molecule has 3 N–H and O–H groups in total. The lowest BCUT2D eigenvalue weighted by molar-refractivity contribution is 0.0698. The number of halogens is 3. The molecule has 31 heavy (non-hydrogen) atoms. The van der Waals surface area contributed by atoms with Gasteiger partial charge in [0.1, 0.15) is 0 Å². The minimum Gasteiger partial charge on any atom is -0.478 e. The maximum absolute atomic E-state index is 12.8. The van der Waals surface area contributed by atoms with Crippen LogP contribution >= 0.6 is 43.5 Å². The molecule has 0 radical (unpaired) electrons. The third-order valence-electron chi connectivity index (χ3n) is 4.05. The fourth-order valence-corrected chi connectivity index (χ4v) is 4.57. The van der Waals surface area contributed by atoms with Crippen LogP contribution in [0.15, 0.2) is 74.5 Å². The highest BCUT2D eigenvalue weighted by molar-refractivity contribution is 9.10. The Morgan fingerprint density at radius 1 is 0.903 bits per heavy atom. The first-order valence-electron chi connectivity index (χ1n) is 8.49. The molecule has 1 amide bonds. The van der Waals surface area contributed by atoms with Gasteiger partial charge in [0, 0.05) is 19.7 Å². The summed E-state index contributed by atoms with van der Waals surface area (Å²) < 4.78 is 28.8. The number of hydrogen-bond donors (Lipinski definition) is 3. The number of carbonyl (C=O) groups is 2. The molecule has 0 aliphatic heterocycles. The summed E-state index contributed by atoms with van der Waals surface area (Å²) in [7, 11) is -3.99. The molecule has 0 heterocycles. The predicted molar refractivity (Wildman–Crippen MR) is 125 cm³/mol. The normalized spacial score (nSPS) is 11.1. The molecule has 0 aliphatic rings. The minimum absolute atomic E-state index is 0.0123. The summed E-state index contributed by atoms with van der Waals surface area (Å²) in [6, 6.07) is 14.4. The summed E-state index contributed by atoms with van der Waals surface area (Å²) in [6.45, 7) is 0. The van der Waals surface area contributed by atoms with E-state index in [0.29, 0.717) is 19.7 Å². The van der Waals surface area contributed by atoms with E-state index in [1.165, 1.54) is 54.6 Å². The van der Waals surface area contributed by atoms with E-state index in [1.807, 2.05) is 0 Å². The summed E-state index contributed by atoms with van der Waals surface area (Å²) >= 11 is 12.2. The smallest absolute Gasteiger partial charge is 0.337 e. The summed E-state index contributed by atoms with van der Waals surface area (Å²) in [5.74, 6) is -1.90. The van der Waals surface area contributed by atoms with Gasteiger partial charge >= 0.3 is 5.97 Å². The van der Waals surface area contributed by atoms with Crippen molar-refractivity contribution in [1.82, 2.24) is 0 Å². The van der Waals surface area contributed by atoms with Crippen molar-refractivity contribution < 1.29 is 23.1 Å². The molecule has 160 valence electrons. The average molecular weight is 589 g/mol. The molecular formula is C20H13Br2ClN2O5S. The van der Waals surface area contributed by atoms with Crippen LogP contribution in [0, 0.1) is 0 Å². The fraction of sp³-hybridized carbons (Fsp3) is 0. The number of nitrogens with one attached hydrogen (secondary N) is 2. The number of aromatic carboxylic acids is 1. The number of sulfonamides is 1. The molecule has 3 aromatic carbocycles. The first-order valence-corrected chi connectivity index (χ1v) is 11.9. The molecule has 0 saturated heterocycles. The van der Waals surface area contributed by atoms with Crippen LogP contribution in [0.25, 0.3) is 0 Å². The predicted octanol–water partition coefficient (Wildman–Crippen LogP) is 5.62. The lowest BCUT2D eigenvalue weighted by Crippen LogP contribution is -2.17. The van der Waals surface area contributed by atoms with Crippen LogP contribution in [0.4, 0.5) is 11.4 Å². The largest absolute Gasteiger partial charge is 0.478 e. The Balaban J connectivity index is 1.91. The average Bonchev–Trinajstić information content (AvgIpc) is 2.70. The summed E-state index contributed by atoms with van der Waals surface area (Å²) in [6.07, 6.45) is 0. The molecule has 0 aliphatic carbocycles. The maximum atomic E-state index is 12.8. The molecule has 0 fully saturated rings. The lowest BCUT2D eigenvalue weighted by Gasteiger charge is -2.12. The zero-order valence-corrected chi connectivity index (χ0v) is 20.1. The standard InChI is InChI=1S/C20H13Br2ClN2O5S/c21-11-1-8-18(16(9-11)20(27)28)24-19(26)15-10-14(6-7-17(15)22)31(29,30)25-13-4-2-12(23)3-5-13/h1-10,25H,(H,24,26)(H,27,28). The molecule has 0 unspecified atom stereocenters. The number of anilines is 2. The molecule has 0 saturated carbocycles. The van der Waals surface area contributed by atoms with E-state index in [-0.39, 0.29) is 21.7 Å². The number of carboxylic acids is 1. The van der Waals surface area contributed by atoms with Gasteiger partial charge in [-0.25, -0.2) is 13.2 Å². The highest BCUT2D eigenvalue weighted by Gasteiger charge is 2.20. The van der Waals surface area contributed by atoms with Gasteiger partial charge < -0.3 is 10.4 Å². The van der Waals surface area contributed by atoms with Crippen LogP contribution in [-0.2, 0) is 10.0 Å². The van der Waals surface area contributed by atoms with Crippen molar-refractivity contribution in [3.8, 4) is 0 Å². The van der Waals surface area contributed by atoms with Crippen LogP contribution in [0.5, 0.6) is 0 Å². The van der Waals surface area contributed by atoms with E-state index in [0.717, 1.165) is 0 Å². The lowest BCUT2D eigenvalue weighted by atomic mass is 10.1. The second kappa shape index (κ2) is 9.39. The molecule has 0 atom stereocenters. The van der Waals surface area contributed by atoms with Crippen molar-refractivity contribution in [2.24, 2.45) is 0 Å². The first-order chi connectivity index (χ1) is 14.6. The van der Waals surface area contributed by atoms with Gasteiger partial charge in [-0.05, 0) is 76.6 Å². The number of hydrogen-bond acceptors (Lipinski definition) is 4. The van der Waals surface area contributed by atoms with Gasteiger partial charge in [-0.3, -0.25) is 9.52 Å². The van der Waals surface area contributed by atoms with Gasteiger partial charge in [-0.1, -0.05) is 27.5 Å². The van der Waals surface area contributed by atoms with Crippen molar-refractivity contribution >= 4 is 76.7 Å². The molecule has 7 nitrogen and oxygen atoms in total. The van der Waals surface area contributed by atoms with Crippen LogP contribution in [0.1, 0.15) is 20.7 Å². The van der Waals surface area contributed by atoms with Crippen molar-refractivity contribution in [3.05, 3.63) is 85.8 Å². The Morgan fingerprint density at radius 2 is 1.58 bits per heavy atom. The molecular weight excluding hydrogens is 576 g/mol. The quantitative estimate of drug-likeness (QED) is 0.346. The Kier molecular flexibility index (Phi) is 7.05. The number of amides is 1. The minimum atomic E-state index is -3.99. The second-order valence-electron chi connectivity index (χ2n) is 6.20. The Labute approximate surface area is 199 Å². The molecule has 3 rings (SSSR count). The van der Waals surface area contributed by atoms with Gasteiger partial charge in [0.05, 0.1) is 21.7 Å². The molecule has 0 spiro atoms. The zero-order chi connectivity index (χ0) is 22.8. The summed E-state index contributed by atoms with van der Waals surface area (Å²) in [4.78, 5) is 24.1. The third kappa shape index (κ3) is 5.65. The molecule has 11 heteroatoms. The second-order valence-corrected chi connectivity index (χ2v) is 10.1. The topological polar surface area (TPSA) is 113 Å².